The Hall–Kier alpha value is -0.530. The van der Waals surface area contributed by atoms with Crippen LogP contribution in [0.25, 0.3) is 0 Å². The highest BCUT2D eigenvalue weighted by Gasteiger charge is 2.38. The van der Waals surface area contributed by atoms with Crippen molar-refractivity contribution in [1.82, 2.24) is 5.32 Å². The largest absolute Gasteiger partial charge is 0.353 e. The van der Waals surface area contributed by atoms with Crippen LogP contribution in [0.5, 0.6) is 0 Å². The molecule has 2 nitrogen and oxygen atoms in total. The van der Waals surface area contributed by atoms with Crippen LogP contribution in [-0.4, -0.2) is 11.9 Å². The summed E-state index contributed by atoms with van der Waals surface area (Å²) in [5, 5.41) is 2.96. The molecule has 2 heteroatoms. The lowest BCUT2D eigenvalue weighted by atomic mass is 9.84. The Balaban J connectivity index is 2.71. The maximum absolute atomic E-state index is 11.3. The van der Waals surface area contributed by atoms with Gasteiger partial charge in [0.2, 0.25) is 5.91 Å². The molecule has 1 heterocycles. The van der Waals surface area contributed by atoms with Gasteiger partial charge in [0, 0.05) is 12.0 Å². The van der Waals surface area contributed by atoms with Crippen LogP contribution in [0.2, 0.25) is 0 Å². The average molecular weight is 155 g/mol. The van der Waals surface area contributed by atoms with Gasteiger partial charge in [-0.25, -0.2) is 0 Å². The van der Waals surface area contributed by atoms with E-state index in [4.69, 9.17) is 0 Å². The molecule has 0 aromatic rings. The smallest absolute Gasteiger partial charge is 0.223 e. The quantitative estimate of drug-likeness (QED) is 0.609. The fourth-order valence-corrected chi connectivity index (χ4v) is 1.91. The molecule has 0 bridgehead atoms. The van der Waals surface area contributed by atoms with Gasteiger partial charge in [-0.3, -0.25) is 4.79 Å². The van der Waals surface area contributed by atoms with E-state index in [0.717, 1.165) is 0 Å². The molecule has 0 unspecified atom stereocenters. The Bertz CT molecular complexity index is 165. The second kappa shape index (κ2) is 2.84. The van der Waals surface area contributed by atoms with E-state index in [9.17, 15) is 4.79 Å². The van der Waals surface area contributed by atoms with Crippen molar-refractivity contribution in [1.29, 1.82) is 0 Å². The van der Waals surface area contributed by atoms with Crippen molar-refractivity contribution in [3.8, 4) is 0 Å². The van der Waals surface area contributed by atoms with Gasteiger partial charge in [0.25, 0.3) is 0 Å². The minimum Gasteiger partial charge on any atom is -0.353 e. The van der Waals surface area contributed by atoms with Crippen molar-refractivity contribution in [2.75, 3.05) is 0 Å². The fourth-order valence-electron chi connectivity index (χ4n) is 1.91. The molecule has 1 fully saturated rings. The van der Waals surface area contributed by atoms with Crippen LogP contribution < -0.4 is 5.32 Å². The van der Waals surface area contributed by atoms with Gasteiger partial charge in [0.15, 0.2) is 0 Å². The molecule has 3 atom stereocenters. The molecule has 1 saturated heterocycles. The lowest BCUT2D eigenvalue weighted by molar-refractivity contribution is -0.124. The summed E-state index contributed by atoms with van der Waals surface area (Å²) in [6.07, 6.45) is 0. The molecule has 0 saturated carbocycles. The van der Waals surface area contributed by atoms with E-state index < -0.39 is 0 Å². The summed E-state index contributed by atoms with van der Waals surface area (Å²) in [6.45, 7) is 8.44. The summed E-state index contributed by atoms with van der Waals surface area (Å²) < 4.78 is 0. The van der Waals surface area contributed by atoms with E-state index in [2.05, 4.69) is 33.0 Å². The third-order valence-corrected chi connectivity index (χ3v) is 2.75. The summed E-state index contributed by atoms with van der Waals surface area (Å²) in [5.74, 6) is 1.42. The standard InChI is InChI=1S/C9H17NO/c1-5(2)8-6(3)7(4)10-9(8)11/h5-8H,1-4H3,(H,10,11)/t6-,7+,8+/m0/s1. The highest BCUT2D eigenvalue weighted by atomic mass is 16.2. The SMILES string of the molecule is CC(C)[C@H]1C(=O)N[C@H](C)[C@@H]1C. The molecular formula is C9H17NO. The van der Waals surface area contributed by atoms with Crippen LogP contribution in [0.4, 0.5) is 0 Å². The summed E-state index contributed by atoms with van der Waals surface area (Å²) >= 11 is 0. The molecule has 1 aliphatic heterocycles. The molecule has 0 aliphatic carbocycles. The summed E-state index contributed by atoms with van der Waals surface area (Å²) in [4.78, 5) is 11.3. The summed E-state index contributed by atoms with van der Waals surface area (Å²) in [7, 11) is 0. The van der Waals surface area contributed by atoms with Crippen LogP contribution in [-0.2, 0) is 4.79 Å². The molecule has 64 valence electrons. The Labute approximate surface area is 68.4 Å². The van der Waals surface area contributed by atoms with Crippen molar-refractivity contribution < 1.29 is 4.79 Å². The fraction of sp³-hybridized carbons (Fsp3) is 0.889. The predicted molar refractivity (Wildman–Crippen MR) is 45.1 cm³/mol. The van der Waals surface area contributed by atoms with Crippen LogP contribution >= 0.6 is 0 Å². The molecule has 1 N–H and O–H groups in total. The zero-order chi connectivity index (χ0) is 8.59. The second-order valence-corrected chi connectivity index (χ2v) is 3.93. The first-order valence-electron chi connectivity index (χ1n) is 4.34. The van der Waals surface area contributed by atoms with E-state index in [1.54, 1.807) is 0 Å². The van der Waals surface area contributed by atoms with Gasteiger partial charge in [0.1, 0.15) is 0 Å². The predicted octanol–water partition coefficient (Wildman–Crippen LogP) is 1.41. The summed E-state index contributed by atoms with van der Waals surface area (Å²) in [5.41, 5.74) is 0. The van der Waals surface area contributed by atoms with Crippen LogP contribution in [0.3, 0.4) is 0 Å². The van der Waals surface area contributed by atoms with Crippen molar-refractivity contribution in [3.05, 3.63) is 0 Å². The Morgan fingerprint density at radius 1 is 1.36 bits per heavy atom. The third-order valence-electron chi connectivity index (χ3n) is 2.75. The van der Waals surface area contributed by atoms with Crippen molar-refractivity contribution in [2.24, 2.45) is 17.8 Å². The van der Waals surface area contributed by atoms with Gasteiger partial charge >= 0.3 is 0 Å². The molecule has 0 radical (unpaired) electrons. The minimum atomic E-state index is 0.227. The zero-order valence-corrected chi connectivity index (χ0v) is 7.72. The second-order valence-electron chi connectivity index (χ2n) is 3.93. The lowest BCUT2D eigenvalue weighted by Gasteiger charge is -2.17. The molecule has 0 spiro atoms. The first kappa shape index (κ1) is 8.57. The number of carbonyl (C=O) groups excluding carboxylic acids is 1. The minimum absolute atomic E-state index is 0.227. The van der Waals surface area contributed by atoms with E-state index in [-0.39, 0.29) is 11.8 Å². The first-order chi connectivity index (χ1) is 5.04. The van der Waals surface area contributed by atoms with Crippen LogP contribution in [0.1, 0.15) is 27.7 Å². The number of hydrogen-bond donors (Lipinski definition) is 1. The van der Waals surface area contributed by atoms with E-state index in [1.807, 2.05) is 0 Å². The lowest BCUT2D eigenvalue weighted by Crippen LogP contribution is -2.25. The first-order valence-corrected chi connectivity index (χ1v) is 4.34. The van der Waals surface area contributed by atoms with Gasteiger partial charge in [-0.1, -0.05) is 20.8 Å². The van der Waals surface area contributed by atoms with Gasteiger partial charge < -0.3 is 5.32 Å². The highest BCUT2D eigenvalue weighted by Crippen LogP contribution is 2.28. The molecule has 11 heavy (non-hydrogen) atoms. The number of carbonyl (C=O) groups is 1. The van der Waals surface area contributed by atoms with E-state index >= 15 is 0 Å². The zero-order valence-electron chi connectivity index (χ0n) is 7.72. The molecule has 1 amide bonds. The Morgan fingerprint density at radius 3 is 2.09 bits per heavy atom. The van der Waals surface area contributed by atoms with Crippen molar-refractivity contribution in [3.63, 3.8) is 0 Å². The maximum atomic E-state index is 11.3. The highest BCUT2D eigenvalue weighted by molar-refractivity contribution is 5.81. The molecule has 0 aromatic carbocycles. The summed E-state index contributed by atoms with van der Waals surface area (Å²) in [6, 6.07) is 0.356. The van der Waals surface area contributed by atoms with E-state index in [0.29, 0.717) is 17.9 Å². The molecular weight excluding hydrogens is 138 g/mol. The Morgan fingerprint density at radius 2 is 1.91 bits per heavy atom. The number of nitrogens with one attached hydrogen (secondary N) is 1. The maximum Gasteiger partial charge on any atom is 0.223 e. The van der Waals surface area contributed by atoms with Crippen LogP contribution in [0.15, 0.2) is 0 Å². The van der Waals surface area contributed by atoms with Crippen LogP contribution in [0, 0.1) is 17.8 Å². The normalized spacial score (nSPS) is 37.9. The number of rotatable bonds is 1. The van der Waals surface area contributed by atoms with Crippen molar-refractivity contribution in [2.45, 2.75) is 33.7 Å². The number of hydrogen-bond acceptors (Lipinski definition) is 1. The van der Waals surface area contributed by atoms with Crippen molar-refractivity contribution >= 4 is 5.91 Å². The van der Waals surface area contributed by atoms with E-state index in [1.165, 1.54) is 0 Å². The third kappa shape index (κ3) is 1.39. The molecule has 1 aliphatic rings. The monoisotopic (exact) mass is 155 g/mol. The number of amides is 1. The van der Waals surface area contributed by atoms with Gasteiger partial charge in [0.05, 0.1) is 0 Å². The van der Waals surface area contributed by atoms with Gasteiger partial charge in [-0.2, -0.15) is 0 Å². The molecule has 0 aromatic heterocycles. The Kier molecular flexibility index (Phi) is 2.21. The van der Waals surface area contributed by atoms with Gasteiger partial charge in [-0.15, -0.1) is 0 Å². The molecule has 1 rings (SSSR count). The average Bonchev–Trinajstić information content (AvgIpc) is 2.07. The van der Waals surface area contributed by atoms with Gasteiger partial charge in [-0.05, 0) is 18.8 Å². The topological polar surface area (TPSA) is 29.1 Å².